The van der Waals surface area contributed by atoms with Crippen molar-refractivity contribution in [2.45, 2.75) is 39.3 Å². The minimum atomic E-state index is -0.106. The zero-order chi connectivity index (χ0) is 12.0. The molecule has 0 aliphatic heterocycles. The van der Waals surface area contributed by atoms with Crippen molar-refractivity contribution in [3.63, 3.8) is 0 Å². The van der Waals surface area contributed by atoms with Crippen LogP contribution in [-0.4, -0.2) is 12.1 Å². The van der Waals surface area contributed by atoms with E-state index in [-0.39, 0.29) is 18.1 Å². The predicted octanol–water partition coefficient (Wildman–Crippen LogP) is 2.85. The van der Waals surface area contributed by atoms with Gasteiger partial charge in [0.2, 0.25) is 0 Å². The number of nitrogens with one attached hydrogen (secondary N) is 2. The van der Waals surface area contributed by atoms with Gasteiger partial charge in [-0.25, -0.2) is 4.79 Å². The second kappa shape index (κ2) is 6.16. The quantitative estimate of drug-likeness (QED) is 0.805. The van der Waals surface area contributed by atoms with Gasteiger partial charge >= 0.3 is 6.03 Å². The fourth-order valence-corrected chi connectivity index (χ4v) is 1.39. The van der Waals surface area contributed by atoms with E-state index in [4.69, 9.17) is 0 Å². The Hall–Kier alpha value is -1.51. The van der Waals surface area contributed by atoms with Gasteiger partial charge in [0.05, 0.1) is 6.04 Å². The molecule has 0 aliphatic rings. The fraction of sp³-hybridized carbons (Fsp3) is 0.462. The Bertz CT molecular complexity index is 324. The number of rotatable bonds is 4. The minimum absolute atomic E-state index is 0.0326. The van der Waals surface area contributed by atoms with Gasteiger partial charge in [-0.3, -0.25) is 0 Å². The molecule has 2 amide bonds. The van der Waals surface area contributed by atoms with E-state index >= 15 is 0 Å². The van der Waals surface area contributed by atoms with E-state index in [1.165, 1.54) is 0 Å². The summed E-state index contributed by atoms with van der Waals surface area (Å²) >= 11 is 0. The van der Waals surface area contributed by atoms with Crippen molar-refractivity contribution in [1.29, 1.82) is 0 Å². The number of hydrogen-bond donors (Lipinski definition) is 2. The highest BCUT2D eigenvalue weighted by atomic mass is 16.2. The molecule has 0 aromatic heterocycles. The number of carbonyl (C=O) groups excluding carboxylic acids is 1. The highest BCUT2D eigenvalue weighted by Gasteiger charge is 2.09. The molecule has 0 spiro atoms. The van der Waals surface area contributed by atoms with Gasteiger partial charge in [-0.15, -0.1) is 0 Å². The van der Waals surface area contributed by atoms with Crippen molar-refractivity contribution in [1.82, 2.24) is 10.6 Å². The Morgan fingerprint density at radius 3 is 2.38 bits per heavy atom. The van der Waals surface area contributed by atoms with Crippen LogP contribution < -0.4 is 10.6 Å². The molecular weight excluding hydrogens is 200 g/mol. The van der Waals surface area contributed by atoms with Crippen LogP contribution in [0.15, 0.2) is 30.3 Å². The molecule has 0 saturated carbocycles. The molecule has 3 nitrogen and oxygen atoms in total. The van der Waals surface area contributed by atoms with Crippen molar-refractivity contribution in [3.05, 3.63) is 35.9 Å². The van der Waals surface area contributed by atoms with E-state index in [9.17, 15) is 4.79 Å². The lowest BCUT2D eigenvalue weighted by Crippen LogP contribution is -2.41. The van der Waals surface area contributed by atoms with E-state index in [1.807, 2.05) is 51.1 Å². The third-order valence-corrected chi connectivity index (χ3v) is 2.64. The highest BCUT2D eigenvalue weighted by Crippen LogP contribution is 2.10. The molecule has 1 aromatic carbocycles. The molecule has 2 N–H and O–H groups in total. The maximum Gasteiger partial charge on any atom is 0.315 e. The lowest BCUT2D eigenvalue weighted by molar-refractivity contribution is 0.234. The van der Waals surface area contributed by atoms with Crippen molar-refractivity contribution < 1.29 is 4.79 Å². The molecular formula is C13H20N2O. The van der Waals surface area contributed by atoms with Crippen molar-refractivity contribution in [2.75, 3.05) is 0 Å². The van der Waals surface area contributed by atoms with Crippen LogP contribution in [0, 0.1) is 0 Å². The van der Waals surface area contributed by atoms with Crippen molar-refractivity contribution in [3.8, 4) is 0 Å². The smallest absolute Gasteiger partial charge is 0.315 e. The molecule has 2 atom stereocenters. The summed E-state index contributed by atoms with van der Waals surface area (Å²) < 4.78 is 0. The number of urea groups is 1. The van der Waals surface area contributed by atoms with Gasteiger partial charge in [0, 0.05) is 6.04 Å². The Morgan fingerprint density at radius 1 is 1.19 bits per heavy atom. The lowest BCUT2D eigenvalue weighted by atomic mass is 10.1. The zero-order valence-electron chi connectivity index (χ0n) is 10.2. The van der Waals surface area contributed by atoms with E-state index in [2.05, 4.69) is 10.6 Å². The number of amides is 2. The molecule has 0 radical (unpaired) electrons. The molecule has 0 unspecified atom stereocenters. The lowest BCUT2D eigenvalue weighted by Gasteiger charge is -2.17. The predicted molar refractivity (Wildman–Crippen MR) is 66.3 cm³/mol. The molecule has 0 bridgehead atoms. The number of carbonyl (C=O) groups is 1. The summed E-state index contributed by atoms with van der Waals surface area (Å²) in [6.45, 7) is 6.02. The van der Waals surface area contributed by atoms with Gasteiger partial charge in [-0.2, -0.15) is 0 Å². The molecule has 3 heteroatoms. The van der Waals surface area contributed by atoms with Gasteiger partial charge in [0.1, 0.15) is 0 Å². The maximum atomic E-state index is 11.6. The van der Waals surface area contributed by atoms with Crippen molar-refractivity contribution >= 4 is 6.03 Å². The SMILES string of the molecule is CC[C@@H](C)NC(=O)N[C@H](C)c1ccccc1. The Morgan fingerprint density at radius 2 is 1.81 bits per heavy atom. The summed E-state index contributed by atoms with van der Waals surface area (Å²) in [6, 6.07) is 10.1. The molecule has 0 fully saturated rings. The first-order chi connectivity index (χ1) is 7.63. The van der Waals surface area contributed by atoms with Crippen molar-refractivity contribution in [2.24, 2.45) is 0 Å². The monoisotopic (exact) mass is 220 g/mol. The molecule has 88 valence electrons. The van der Waals surface area contributed by atoms with Crippen LogP contribution in [-0.2, 0) is 0 Å². The summed E-state index contributed by atoms with van der Waals surface area (Å²) in [5.41, 5.74) is 1.11. The van der Waals surface area contributed by atoms with Crippen LogP contribution in [0.4, 0.5) is 4.79 Å². The summed E-state index contributed by atoms with van der Waals surface area (Å²) in [7, 11) is 0. The number of benzene rings is 1. The van der Waals surface area contributed by atoms with E-state index in [0.29, 0.717) is 0 Å². The Labute approximate surface area is 97.2 Å². The van der Waals surface area contributed by atoms with Gasteiger partial charge in [-0.1, -0.05) is 37.3 Å². The van der Waals surface area contributed by atoms with E-state index < -0.39 is 0 Å². The summed E-state index contributed by atoms with van der Waals surface area (Å²) in [5, 5.41) is 5.79. The minimum Gasteiger partial charge on any atom is -0.336 e. The summed E-state index contributed by atoms with van der Waals surface area (Å²) in [6.07, 6.45) is 0.938. The van der Waals surface area contributed by atoms with Crippen LogP contribution in [0.3, 0.4) is 0 Å². The van der Waals surface area contributed by atoms with Crippen LogP contribution in [0.1, 0.15) is 38.8 Å². The normalized spacial score (nSPS) is 13.9. The first-order valence-corrected chi connectivity index (χ1v) is 5.75. The summed E-state index contributed by atoms with van der Waals surface area (Å²) in [4.78, 5) is 11.6. The highest BCUT2D eigenvalue weighted by molar-refractivity contribution is 5.74. The summed E-state index contributed by atoms with van der Waals surface area (Å²) in [5.74, 6) is 0. The van der Waals surface area contributed by atoms with Crippen LogP contribution >= 0.6 is 0 Å². The first kappa shape index (κ1) is 12.6. The topological polar surface area (TPSA) is 41.1 Å². The molecule has 0 saturated heterocycles. The largest absolute Gasteiger partial charge is 0.336 e. The van der Waals surface area contributed by atoms with E-state index in [0.717, 1.165) is 12.0 Å². The zero-order valence-corrected chi connectivity index (χ0v) is 10.2. The molecule has 0 aliphatic carbocycles. The Kier molecular flexibility index (Phi) is 4.83. The van der Waals surface area contributed by atoms with Gasteiger partial charge in [-0.05, 0) is 25.8 Å². The molecule has 1 rings (SSSR count). The maximum absolute atomic E-state index is 11.6. The van der Waals surface area contributed by atoms with Crippen LogP contribution in [0.25, 0.3) is 0 Å². The standard InChI is InChI=1S/C13H20N2O/c1-4-10(2)14-13(16)15-11(3)12-8-6-5-7-9-12/h5-11H,4H2,1-3H3,(H2,14,15,16)/t10-,11-/m1/s1. The van der Waals surface area contributed by atoms with Crippen LogP contribution in [0.2, 0.25) is 0 Å². The third-order valence-electron chi connectivity index (χ3n) is 2.64. The average molecular weight is 220 g/mol. The third kappa shape index (κ3) is 3.93. The Balaban J connectivity index is 2.46. The second-order valence-corrected chi connectivity index (χ2v) is 4.06. The number of hydrogen-bond acceptors (Lipinski definition) is 1. The molecule has 16 heavy (non-hydrogen) atoms. The van der Waals surface area contributed by atoms with Gasteiger partial charge < -0.3 is 10.6 Å². The fourth-order valence-electron chi connectivity index (χ4n) is 1.39. The molecule has 1 aromatic rings. The first-order valence-electron chi connectivity index (χ1n) is 5.75. The van der Waals surface area contributed by atoms with Crippen LogP contribution in [0.5, 0.6) is 0 Å². The average Bonchev–Trinajstić information content (AvgIpc) is 2.29. The molecule has 0 heterocycles. The van der Waals surface area contributed by atoms with Gasteiger partial charge in [0.15, 0.2) is 0 Å². The second-order valence-electron chi connectivity index (χ2n) is 4.06. The van der Waals surface area contributed by atoms with E-state index in [1.54, 1.807) is 0 Å². The van der Waals surface area contributed by atoms with Gasteiger partial charge in [0.25, 0.3) is 0 Å².